The molecule has 4 heterocycles. The Hall–Kier alpha value is -2.88. The second-order valence-electron chi connectivity index (χ2n) is 9.45. The summed E-state index contributed by atoms with van der Waals surface area (Å²) in [5, 5.41) is 43.7. The van der Waals surface area contributed by atoms with Crippen molar-refractivity contribution in [1.29, 1.82) is 0 Å². The second-order valence-corrected chi connectivity index (χ2v) is 9.45. The Kier molecular flexibility index (Phi) is 7.53. The minimum Gasteiger partial charge on any atom is -0.394 e. The molecule has 0 radical (unpaired) electrons. The van der Waals surface area contributed by atoms with E-state index in [-0.39, 0.29) is 17.7 Å². The molecule has 0 bridgehead atoms. The molecular weight excluding hydrogens is 513 g/mol. The first-order valence-electron chi connectivity index (χ1n) is 12.0. The SMILES string of the molecule is CO[C@@H]1[C@@H](n2cc(-c3cc(F)c(F)c(F)c3)nn2)[C@@H](O)[C@@H](CO)O[C@@H]1Cc1cc(C2(O)CCOCC2)on1. The molecule has 0 amide bonds. The second kappa shape index (κ2) is 10.7. The van der Waals surface area contributed by atoms with Crippen LogP contribution < -0.4 is 0 Å². The highest BCUT2D eigenvalue weighted by molar-refractivity contribution is 5.57. The smallest absolute Gasteiger partial charge is 0.194 e. The van der Waals surface area contributed by atoms with Crippen LogP contribution in [0.4, 0.5) is 13.2 Å². The Morgan fingerprint density at radius 3 is 2.50 bits per heavy atom. The number of hydrogen-bond donors (Lipinski definition) is 3. The first-order chi connectivity index (χ1) is 18.2. The van der Waals surface area contributed by atoms with Crippen molar-refractivity contribution in [2.75, 3.05) is 26.9 Å². The van der Waals surface area contributed by atoms with Crippen molar-refractivity contribution in [2.45, 2.75) is 55.3 Å². The lowest BCUT2D eigenvalue weighted by Gasteiger charge is -2.43. The van der Waals surface area contributed by atoms with Crippen LogP contribution in [0.2, 0.25) is 0 Å². The van der Waals surface area contributed by atoms with Crippen LogP contribution in [0.5, 0.6) is 0 Å². The van der Waals surface area contributed by atoms with Crippen molar-refractivity contribution >= 4 is 0 Å². The molecule has 0 unspecified atom stereocenters. The van der Waals surface area contributed by atoms with Crippen LogP contribution in [0.1, 0.15) is 30.3 Å². The highest BCUT2D eigenvalue weighted by atomic mass is 19.2. The van der Waals surface area contributed by atoms with E-state index in [2.05, 4.69) is 15.5 Å². The van der Waals surface area contributed by atoms with Gasteiger partial charge in [0.2, 0.25) is 0 Å². The van der Waals surface area contributed by atoms with Crippen molar-refractivity contribution < 1.29 is 47.2 Å². The first kappa shape index (κ1) is 26.7. The molecule has 3 aromatic rings. The third-order valence-electron chi connectivity index (χ3n) is 7.08. The van der Waals surface area contributed by atoms with E-state index >= 15 is 0 Å². The molecule has 3 N–H and O–H groups in total. The summed E-state index contributed by atoms with van der Waals surface area (Å²) >= 11 is 0. The molecule has 2 saturated heterocycles. The first-order valence-corrected chi connectivity index (χ1v) is 12.0. The van der Waals surface area contributed by atoms with Crippen molar-refractivity contribution in [1.82, 2.24) is 20.2 Å². The van der Waals surface area contributed by atoms with E-state index in [1.165, 1.54) is 18.0 Å². The molecule has 2 aliphatic rings. The van der Waals surface area contributed by atoms with Crippen LogP contribution in [-0.2, 0) is 26.2 Å². The Morgan fingerprint density at radius 1 is 1.13 bits per heavy atom. The molecule has 1 aromatic carbocycles. The van der Waals surface area contributed by atoms with E-state index in [0.717, 1.165) is 12.1 Å². The lowest BCUT2D eigenvalue weighted by Crippen LogP contribution is -2.57. The van der Waals surface area contributed by atoms with Crippen LogP contribution in [0, 0.1) is 17.5 Å². The number of aliphatic hydroxyl groups excluding tert-OH is 2. The van der Waals surface area contributed by atoms with Gasteiger partial charge in [-0.1, -0.05) is 10.4 Å². The van der Waals surface area contributed by atoms with Crippen molar-refractivity contribution in [2.24, 2.45) is 0 Å². The molecule has 0 saturated carbocycles. The van der Waals surface area contributed by atoms with Gasteiger partial charge in [-0.3, -0.25) is 0 Å². The third kappa shape index (κ3) is 4.95. The van der Waals surface area contributed by atoms with Gasteiger partial charge in [-0.2, -0.15) is 0 Å². The van der Waals surface area contributed by atoms with Gasteiger partial charge < -0.3 is 34.1 Å². The fraction of sp³-hybridized carbons (Fsp3) is 0.542. The summed E-state index contributed by atoms with van der Waals surface area (Å²) < 4.78 is 64.5. The van der Waals surface area contributed by atoms with Gasteiger partial charge in [0.05, 0.1) is 24.6 Å². The van der Waals surface area contributed by atoms with Crippen molar-refractivity contribution in [3.8, 4) is 11.3 Å². The number of aliphatic hydroxyl groups is 3. The molecule has 0 aliphatic carbocycles. The van der Waals surface area contributed by atoms with E-state index < -0.39 is 60.1 Å². The maximum absolute atomic E-state index is 13.8. The minimum atomic E-state index is -1.60. The number of benzene rings is 1. The van der Waals surface area contributed by atoms with Crippen LogP contribution >= 0.6 is 0 Å². The summed E-state index contributed by atoms with van der Waals surface area (Å²) in [6.07, 6.45) is -1.72. The Labute approximate surface area is 214 Å². The van der Waals surface area contributed by atoms with Gasteiger partial charge >= 0.3 is 0 Å². The molecule has 2 aromatic heterocycles. The third-order valence-corrected chi connectivity index (χ3v) is 7.08. The predicted octanol–water partition coefficient (Wildman–Crippen LogP) is 1.27. The fourth-order valence-corrected chi connectivity index (χ4v) is 4.98. The van der Waals surface area contributed by atoms with Crippen molar-refractivity contribution in [3.63, 3.8) is 0 Å². The van der Waals surface area contributed by atoms with Gasteiger partial charge in [0.25, 0.3) is 0 Å². The molecule has 5 atom stereocenters. The van der Waals surface area contributed by atoms with Gasteiger partial charge in [0, 0.05) is 51.2 Å². The van der Waals surface area contributed by atoms with Crippen LogP contribution in [0.25, 0.3) is 11.3 Å². The lowest BCUT2D eigenvalue weighted by atomic mass is 9.89. The summed E-state index contributed by atoms with van der Waals surface area (Å²) in [5.41, 5.74) is -0.769. The average molecular weight is 540 g/mol. The topological polar surface area (TPSA) is 145 Å². The van der Waals surface area contributed by atoms with Gasteiger partial charge in [-0.15, -0.1) is 5.10 Å². The van der Waals surface area contributed by atoms with Gasteiger partial charge in [0.1, 0.15) is 35.6 Å². The molecule has 2 aliphatic heterocycles. The standard InChI is InChI=1S/C24H27F3N4O7/c1-35-23-17(8-13-9-19(38-29-13)24(34)2-4-36-5-3-24)37-18(11-32)22(33)21(23)31-10-16(28-30-31)12-6-14(25)20(27)15(26)7-12/h6-7,9-10,17-18,21-23,32-34H,2-5,8,11H2,1H3/t17-,18-,21+,22+,23+/m1/s1. The number of aromatic nitrogens is 4. The maximum atomic E-state index is 13.8. The van der Waals surface area contributed by atoms with Crippen LogP contribution in [0.3, 0.4) is 0 Å². The Balaban J connectivity index is 1.41. The number of rotatable bonds is 7. The van der Waals surface area contributed by atoms with Gasteiger partial charge in [0.15, 0.2) is 23.2 Å². The molecule has 11 nitrogen and oxygen atoms in total. The number of hydrogen-bond acceptors (Lipinski definition) is 10. The van der Waals surface area contributed by atoms with E-state index in [9.17, 15) is 28.5 Å². The normalized spacial score (nSPS) is 27.5. The quantitative estimate of drug-likeness (QED) is 0.375. The summed E-state index contributed by atoms with van der Waals surface area (Å²) in [4.78, 5) is 0. The van der Waals surface area contributed by atoms with E-state index in [0.29, 0.717) is 37.5 Å². The highest BCUT2D eigenvalue weighted by Gasteiger charge is 2.47. The minimum absolute atomic E-state index is 0.0271. The maximum Gasteiger partial charge on any atom is 0.194 e. The van der Waals surface area contributed by atoms with Crippen molar-refractivity contribution in [3.05, 3.63) is 53.3 Å². The van der Waals surface area contributed by atoms with E-state index in [4.69, 9.17) is 18.7 Å². The summed E-state index contributed by atoms with van der Waals surface area (Å²) in [5.74, 6) is -4.06. The van der Waals surface area contributed by atoms with Gasteiger partial charge in [-0.25, -0.2) is 17.9 Å². The average Bonchev–Trinajstić information content (AvgIpc) is 3.58. The predicted molar refractivity (Wildman–Crippen MR) is 121 cm³/mol. The Bertz CT molecular complexity index is 1240. The molecule has 14 heteroatoms. The summed E-state index contributed by atoms with van der Waals surface area (Å²) in [6, 6.07) is 2.27. The molecule has 0 spiro atoms. The van der Waals surface area contributed by atoms with Crippen LogP contribution in [0.15, 0.2) is 28.9 Å². The zero-order valence-corrected chi connectivity index (χ0v) is 20.3. The molecular formula is C24H27F3N4O7. The zero-order valence-electron chi connectivity index (χ0n) is 20.3. The summed E-state index contributed by atoms with van der Waals surface area (Å²) in [6.45, 7) is 0.252. The van der Waals surface area contributed by atoms with E-state index in [1.807, 2.05) is 0 Å². The monoisotopic (exact) mass is 540 g/mol. The Morgan fingerprint density at radius 2 is 1.84 bits per heavy atom. The zero-order chi connectivity index (χ0) is 27.0. The number of methoxy groups -OCH3 is 1. The van der Waals surface area contributed by atoms with Crippen LogP contribution in [-0.4, -0.2) is 86.8 Å². The van der Waals surface area contributed by atoms with E-state index in [1.54, 1.807) is 6.07 Å². The largest absolute Gasteiger partial charge is 0.394 e. The summed E-state index contributed by atoms with van der Waals surface area (Å²) in [7, 11) is 1.40. The van der Waals surface area contributed by atoms with Gasteiger partial charge in [-0.05, 0) is 12.1 Å². The molecule has 206 valence electrons. The number of ether oxygens (including phenoxy) is 3. The molecule has 5 rings (SSSR count). The number of halogens is 3. The lowest BCUT2D eigenvalue weighted by molar-refractivity contribution is -0.212. The molecule has 38 heavy (non-hydrogen) atoms. The fourth-order valence-electron chi connectivity index (χ4n) is 4.98. The highest BCUT2D eigenvalue weighted by Crippen LogP contribution is 2.36. The molecule has 2 fully saturated rings. The number of nitrogens with zero attached hydrogens (tertiary/aromatic N) is 4.